The Kier molecular flexibility index (Phi) is 2.76. The lowest BCUT2D eigenvalue weighted by Gasteiger charge is -2.12. The van der Waals surface area contributed by atoms with Gasteiger partial charge in [0.25, 0.3) is 0 Å². The lowest BCUT2D eigenvalue weighted by molar-refractivity contribution is 0.0862. The highest BCUT2D eigenvalue weighted by Crippen LogP contribution is 2.31. The Balaban J connectivity index is 2.44. The second-order valence-corrected chi connectivity index (χ2v) is 3.46. The summed E-state index contributed by atoms with van der Waals surface area (Å²) in [4.78, 5) is 0. The van der Waals surface area contributed by atoms with Crippen LogP contribution in [0.15, 0.2) is 0 Å². The Morgan fingerprint density at radius 3 is 2.58 bits per heavy atom. The summed E-state index contributed by atoms with van der Waals surface area (Å²) in [5.74, 6) is 5.77. The van der Waals surface area contributed by atoms with Crippen LogP contribution >= 0.6 is 0 Å². The van der Waals surface area contributed by atoms with E-state index in [1.807, 2.05) is 6.92 Å². The highest BCUT2D eigenvalue weighted by atomic mass is 16.6. The summed E-state index contributed by atoms with van der Waals surface area (Å²) in [6.45, 7) is 5.73. The molecule has 0 saturated carbocycles. The van der Waals surface area contributed by atoms with E-state index in [4.69, 9.17) is 4.74 Å². The Hall–Kier alpha value is -0.520. The van der Waals surface area contributed by atoms with Crippen LogP contribution in [0.3, 0.4) is 0 Å². The van der Waals surface area contributed by atoms with Gasteiger partial charge in [0.1, 0.15) is 6.10 Å². The van der Waals surface area contributed by atoms with Crippen LogP contribution in [0, 0.1) is 11.8 Å². The Morgan fingerprint density at radius 1 is 1.58 bits per heavy atom. The third kappa shape index (κ3) is 2.23. The minimum Gasteiger partial charge on any atom is -0.375 e. The predicted molar refractivity (Wildman–Crippen MR) is 47.6 cm³/mol. The van der Waals surface area contributed by atoms with E-state index >= 15 is 0 Å². The quantitative estimate of drug-likeness (QED) is 0.498. The average molecular weight is 168 g/mol. The third-order valence-corrected chi connectivity index (χ3v) is 1.98. The zero-order valence-electron chi connectivity index (χ0n) is 7.92. The standard InChI is InChI=1S/C10H16O2/c1-4-5-6-7-10(3,11)9-8(2)12-9/h8-9,11H,4-5H2,1-3H3. The first-order chi connectivity index (χ1) is 5.58. The predicted octanol–water partition coefficient (Wildman–Crippen LogP) is 1.33. The number of aliphatic hydroxyl groups is 1. The maximum absolute atomic E-state index is 9.75. The molecule has 1 rings (SSSR count). The number of hydrogen-bond acceptors (Lipinski definition) is 2. The van der Waals surface area contributed by atoms with Gasteiger partial charge in [-0.25, -0.2) is 0 Å². The van der Waals surface area contributed by atoms with Crippen molar-refractivity contribution >= 4 is 0 Å². The van der Waals surface area contributed by atoms with Gasteiger partial charge in [-0.2, -0.15) is 0 Å². The molecule has 0 spiro atoms. The van der Waals surface area contributed by atoms with Gasteiger partial charge < -0.3 is 9.84 Å². The highest BCUT2D eigenvalue weighted by Gasteiger charge is 2.47. The molecule has 0 aromatic carbocycles. The molecule has 1 aliphatic rings. The summed E-state index contributed by atoms with van der Waals surface area (Å²) in [6.07, 6.45) is 1.96. The molecule has 1 saturated heterocycles. The van der Waals surface area contributed by atoms with Crippen LogP contribution < -0.4 is 0 Å². The van der Waals surface area contributed by atoms with Crippen LogP contribution in [0.5, 0.6) is 0 Å². The summed E-state index contributed by atoms with van der Waals surface area (Å²) < 4.78 is 5.16. The second-order valence-electron chi connectivity index (χ2n) is 3.46. The SMILES string of the molecule is CCCC#CC(C)(O)C1OC1C. The van der Waals surface area contributed by atoms with E-state index in [-0.39, 0.29) is 12.2 Å². The molecular weight excluding hydrogens is 152 g/mol. The molecule has 1 N–H and O–H groups in total. The van der Waals surface area contributed by atoms with Crippen molar-refractivity contribution in [1.82, 2.24) is 0 Å². The number of epoxide rings is 1. The largest absolute Gasteiger partial charge is 0.375 e. The zero-order valence-corrected chi connectivity index (χ0v) is 7.92. The fourth-order valence-corrected chi connectivity index (χ4v) is 1.21. The molecule has 1 aliphatic heterocycles. The van der Waals surface area contributed by atoms with Crippen molar-refractivity contribution in [2.45, 2.75) is 51.4 Å². The topological polar surface area (TPSA) is 32.8 Å². The minimum absolute atomic E-state index is 0.0816. The number of hydrogen-bond donors (Lipinski definition) is 1. The summed E-state index contributed by atoms with van der Waals surface area (Å²) in [7, 11) is 0. The van der Waals surface area contributed by atoms with Crippen LogP contribution in [-0.4, -0.2) is 22.9 Å². The van der Waals surface area contributed by atoms with E-state index < -0.39 is 5.60 Å². The van der Waals surface area contributed by atoms with E-state index in [1.54, 1.807) is 6.92 Å². The molecule has 2 heteroatoms. The lowest BCUT2D eigenvalue weighted by Crippen LogP contribution is -2.30. The van der Waals surface area contributed by atoms with E-state index in [1.165, 1.54) is 0 Å². The molecule has 3 atom stereocenters. The maximum atomic E-state index is 9.75. The average Bonchev–Trinajstić information content (AvgIpc) is 2.68. The van der Waals surface area contributed by atoms with Crippen molar-refractivity contribution in [3.8, 4) is 11.8 Å². The van der Waals surface area contributed by atoms with Gasteiger partial charge in [0.05, 0.1) is 6.10 Å². The van der Waals surface area contributed by atoms with Crippen molar-refractivity contribution in [1.29, 1.82) is 0 Å². The van der Waals surface area contributed by atoms with Gasteiger partial charge in [0.2, 0.25) is 0 Å². The van der Waals surface area contributed by atoms with E-state index in [0.29, 0.717) is 0 Å². The van der Waals surface area contributed by atoms with Crippen LogP contribution in [0.25, 0.3) is 0 Å². The first-order valence-corrected chi connectivity index (χ1v) is 4.46. The summed E-state index contributed by atoms with van der Waals surface area (Å²) in [5, 5.41) is 9.75. The smallest absolute Gasteiger partial charge is 0.151 e. The molecular formula is C10H16O2. The summed E-state index contributed by atoms with van der Waals surface area (Å²) in [6, 6.07) is 0. The number of rotatable bonds is 2. The van der Waals surface area contributed by atoms with Gasteiger partial charge >= 0.3 is 0 Å². The van der Waals surface area contributed by atoms with E-state index in [0.717, 1.165) is 12.8 Å². The summed E-state index contributed by atoms with van der Waals surface area (Å²) >= 11 is 0. The van der Waals surface area contributed by atoms with Crippen molar-refractivity contribution in [2.75, 3.05) is 0 Å². The first kappa shape index (κ1) is 9.57. The molecule has 0 aromatic heterocycles. The van der Waals surface area contributed by atoms with Crippen molar-refractivity contribution in [3.05, 3.63) is 0 Å². The molecule has 0 bridgehead atoms. The van der Waals surface area contributed by atoms with Crippen molar-refractivity contribution in [3.63, 3.8) is 0 Å². The van der Waals surface area contributed by atoms with Gasteiger partial charge in [-0.15, -0.1) is 5.92 Å². The van der Waals surface area contributed by atoms with Gasteiger partial charge in [-0.05, 0) is 20.3 Å². The highest BCUT2D eigenvalue weighted by molar-refractivity contribution is 5.19. The molecule has 0 aliphatic carbocycles. The van der Waals surface area contributed by atoms with Gasteiger partial charge in [0.15, 0.2) is 5.60 Å². The normalized spacial score (nSPS) is 31.7. The lowest BCUT2D eigenvalue weighted by atomic mass is 10.0. The Morgan fingerprint density at radius 2 is 2.17 bits per heavy atom. The molecule has 68 valence electrons. The van der Waals surface area contributed by atoms with Crippen molar-refractivity contribution < 1.29 is 9.84 Å². The molecule has 0 radical (unpaired) electrons. The molecule has 0 aromatic rings. The van der Waals surface area contributed by atoms with Gasteiger partial charge in [-0.1, -0.05) is 12.8 Å². The Bertz CT molecular complexity index is 210. The van der Waals surface area contributed by atoms with Gasteiger partial charge in [-0.3, -0.25) is 0 Å². The monoisotopic (exact) mass is 168 g/mol. The van der Waals surface area contributed by atoms with Crippen LogP contribution in [-0.2, 0) is 4.74 Å². The molecule has 1 heterocycles. The van der Waals surface area contributed by atoms with Crippen LogP contribution in [0.2, 0.25) is 0 Å². The van der Waals surface area contributed by atoms with Crippen LogP contribution in [0.1, 0.15) is 33.6 Å². The van der Waals surface area contributed by atoms with Crippen LogP contribution in [0.4, 0.5) is 0 Å². The van der Waals surface area contributed by atoms with E-state index in [2.05, 4.69) is 18.8 Å². The molecule has 12 heavy (non-hydrogen) atoms. The van der Waals surface area contributed by atoms with Gasteiger partial charge in [0, 0.05) is 6.42 Å². The molecule has 3 unspecified atom stereocenters. The van der Waals surface area contributed by atoms with E-state index in [9.17, 15) is 5.11 Å². The van der Waals surface area contributed by atoms with Crippen molar-refractivity contribution in [2.24, 2.45) is 0 Å². The zero-order chi connectivity index (χ0) is 9.19. The number of ether oxygens (including phenoxy) is 1. The fourth-order valence-electron chi connectivity index (χ4n) is 1.21. The Labute approximate surface area is 73.9 Å². The minimum atomic E-state index is -0.950. The maximum Gasteiger partial charge on any atom is 0.151 e. The third-order valence-electron chi connectivity index (χ3n) is 1.98. The second kappa shape index (κ2) is 3.47. The molecule has 1 fully saturated rings. The molecule has 2 nitrogen and oxygen atoms in total. The number of unbranched alkanes of at least 4 members (excludes halogenated alkanes) is 1. The summed E-state index contributed by atoms with van der Waals surface area (Å²) in [5.41, 5.74) is -0.950. The fraction of sp³-hybridized carbons (Fsp3) is 0.800. The molecule has 0 amide bonds. The first-order valence-electron chi connectivity index (χ1n) is 4.46.